The van der Waals surface area contributed by atoms with Crippen molar-refractivity contribution in [2.75, 3.05) is 0 Å². The Morgan fingerprint density at radius 2 is 2.14 bits per heavy atom. The summed E-state index contributed by atoms with van der Waals surface area (Å²) in [7, 11) is -3.70. The van der Waals surface area contributed by atoms with Crippen molar-refractivity contribution in [3.05, 3.63) is 53.1 Å². The Balaban J connectivity index is 2.20. The van der Waals surface area contributed by atoms with Gasteiger partial charge in [0.2, 0.25) is 10.0 Å². The molecule has 2 aromatic rings. The quantitative estimate of drug-likeness (QED) is 0.793. The summed E-state index contributed by atoms with van der Waals surface area (Å²) in [6, 6.07) is 5.79. The second kappa shape index (κ2) is 6.44. The van der Waals surface area contributed by atoms with E-state index >= 15 is 0 Å². The number of hydrogen-bond donors (Lipinski definition) is 2. The van der Waals surface area contributed by atoms with E-state index in [2.05, 4.69) is 14.7 Å². The largest absolute Gasteiger partial charge is 0.389 e. The molecule has 0 aliphatic rings. The lowest BCUT2D eigenvalue weighted by molar-refractivity contribution is 0.580. The number of aromatic nitrogens is 2. The average molecular weight is 343 g/mol. The normalized spacial score (nSPS) is 11.3. The topological polar surface area (TPSA) is 98.0 Å². The van der Waals surface area contributed by atoms with E-state index in [0.29, 0.717) is 11.3 Å². The highest BCUT2D eigenvalue weighted by molar-refractivity contribution is 7.89. The van der Waals surface area contributed by atoms with Crippen molar-refractivity contribution in [3.63, 3.8) is 0 Å². The van der Waals surface area contributed by atoms with Crippen molar-refractivity contribution in [1.82, 2.24) is 14.7 Å². The smallest absolute Gasteiger partial charge is 0.240 e. The Hall–Kier alpha value is -1.61. The van der Waals surface area contributed by atoms with Gasteiger partial charge in [0.15, 0.2) is 0 Å². The molecule has 0 aliphatic carbocycles. The van der Waals surface area contributed by atoms with E-state index in [4.69, 9.17) is 29.6 Å². The van der Waals surface area contributed by atoms with Crippen LogP contribution in [0, 0.1) is 0 Å². The van der Waals surface area contributed by atoms with Crippen LogP contribution in [0.4, 0.5) is 0 Å². The van der Waals surface area contributed by atoms with Crippen molar-refractivity contribution in [1.29, 1.82) is 0 Å². The summed E-state index contributed by atoms with van der Waals surface area (Å²) in [6.07, 6.45) is 2.88. The van der Waals surface area contributed by atoms with Crippen molar-refractivity contribution < 1.29 is 8.42 Å². The zero-order valence-corrected chi connectivity index (χ0v) is 13.0. The van der Waals surface area contributed by atoms with Crippen molar-refractivity contribution in [3.8, 4) is 0 Å². The van der Waals surface area contributed by atoms with Gasteiger partial charge in [-0.3, -0.25) is 0 Å². The average Bonchev–Trinajstić information content (AvgIpc) is 2.46. The number of nitrogens with one attached hydrogen (secondary N) is 1. The molecule has 0 fully saturated rings. The van der Waals surface area contributed by atoms with Crippen LogP contribution in [0.1, 0.15) is 11.3 Å². The molecule has 6 nitrogen and oxygen atoms in total. The van der Waals surface area contributed by atoms with Crippen LogP contribution in [-0.2, 0) is 16.6 Å². The maximum atomic E-state index is 12.2. The van der Waals surface area contributed by atoms with Crippen LogP contribution in [0.25, 0.3) is 0 Å². The molecule has 0 saturated carbocycles. The van der Waals surface area contributed by atoms with Crippen LogP contribution in [0.5, 0.6) is 0 Å². The minimum absolute atomic E-state index is 0.0292. The molecule has 0 spiro atoms. The SMILES string of the molecule is NC(=S)c1ccc(S(=O)(=O)NCc2ccncn2)cc1Cl. The van der Waals surface area contributed by atoms with Gasteiger partial charge in [0, 0.05) is 11.8 Å². The maximum Gasteiger partial charge on any atom is 0.240 e. The number of benzene rings is 1. The molecule has 2 rings (SSSR count). The number of hydrogen-bond acceptors (Lipinski definition) is 5. The molecule has 0 amide bonds. The summed E-state index contributed by atoms with van der Waals surface area (Å²) in [5.74, 6) is 0. The van der Waals surface area contributed by atoms with E-state index in [1.54, 1.807) is 6.07 Å². The van der Waals surface area contributed by atoms with E-state index in [9.17, 15) is 8.42 Å². The lowest BCUT2D eigenvalue weighted by atomic mass is 10.2. The lowest BCUT2D eigenvalue weighted by Gasteiger charge is -2.08. The second-order valence-electron chi connectivity index (χ2n) is 4.03. The third-order valence-corrected chi connectivity index (χ3v) is 4.53. The van der Waals surface area contributed by atoms with Crippen molar-refractivity contribution in [2.45, 2.75) is 11.4 Å². The third kappa shape index (κ3) is 3.94. The zero-order valence-electron chi connectivity index (χ0n) is 10.7. The molecular weight excluding hydrogens is 332 g/mol. The molecule has 9 heteroatoms. The highest BCUT2D eigenvalue weighted by Crippen LogP contribution is 2.20. The number of nitrogens with zero attached hydrogens (tertiary/aromatic N) is 2. The van der Waals surface area contributed by atoms with Crippen LogP contribution in [-0.4, -0.2) is 23.4 Å². The number of rotatable bonds is 5. The molecule has 0 aliphatic heterocycles. The first-order valence-electron chi connectivity index (χ1n) is 5.74. The van der Waals surface area contributed by atoms with Gasteiger partial charge in [-0.2, -0.15) is 0 Å². The molecule has 1 aromatic heterocycles. The molecule has 1 aromatic carbocycles. The van der Waals surface area contributed by atoms with E-state index < -0.39 is 10.0 Å². The fraction of sp³-hybridized carbons (Fsp3) is 0.0833. The third-order valence-electron chi connectivity index (χ3n) is 2.60. The van der Waals surface area contributed by atoms with Gasteiger partial charge in [0.05, 0.1) is 22.2 Å². The molecule has 0 unspecified atom stereocenters. The molecule has 3 N–H and O–H groups in total. The van der Waals surface area contributed by atoms with E-state index in [1.165, 1.54) is 30.7 Å². The molecule has 0 saturated heterocycles. The summed E-state index contributed by atoms with van der Waals surface area (Å²) < 4.78 is 26.7. The van der Waals surface area contributed by atoms with Gasteiger partial charge >= 0.3 is 0 Å². The maximum absolute atomic E-state index is 12.2. The molecule has 0 bridgehead atoms. The first-order chi connectivity index (χ1) is 9.90. The Bertz CT molecular complexity index is 766. The van der Waals surface area contributed by atoms with Gasteiger partial charge in [-0.25, -0.2) is 23.1 Å². The lowest BCUT2D eigenvalue weighted by Crippen LogP contribution is -2.24. The number of thiocarbonyl (C=S) groups is 1. The molecule has 110 valence electrons. The van der Waals surface area contributed by atoms with Crippen LogP contribution in [0.3, 0.4) is 0 Å². The van der Waals surface area contributed by atoms with Crippen molar-refractivity contribution >= 4 is 38.8 Å². The fourth-order valence-corrected chi connectivity index (χ4v) is 3.14. The zero-order chi connectivity index (χ0) is 15.5. The predicted octanol–water partition coefficient (Wildman–Crippen LogP) is 1.24. The van der Waals surface area contributed by atoms with Crippen LogP contribution in [0.15, 0.2) is 41.7 Å². The monoisotopic (exact) mass is 342 g/mol. The molecular formula is C12H11ClN4O2S2. The highest BCUT2D eigenvalue weighted by atomic mass is 35.5. The second-order valence-corrected chi connectivity index (χ2v) is 6.65. The van der Waals surface area contributed by atoms with E-state index in [0.717, 1.165) is 0 Å². The predicted molar refractivity (Wildman–Crippen MR) is 83.4 cm³/mol. The molecule has 0 atom stereocenters. The van der Waals surface area contributed by atoms with Gasteiger partial charge in [-0.15, -0.1) is 0 Å². The minimum Gasteiger partial charge on any atom is -0.389 e. The summed E-state index contributed by atoms with van der Waals surface area (Å²) in [5.41, 5.74) is 6.46. The van der Waals surface area contributed by atoms with Crippen LogP contribution >= 0.6 is 23.8 Å². The summed E-state index contributed by atoms with van der Waals surface area (Å²) in [5, 5.41) is 0.187. The fourth-order valence-electron chi connectivity index (χ4n) is 1.54. The molecule has 1 heterocycles. The number of nitrogens with two attached hydrogens (primary N) is 1. The molecule has 0 radical (unpaired) electrons. The number of halogens is 1. The van der Waals surface area contributed by atoms with Gasteiger partial charge in [-0.05, 0) is 24.3 Å². The first kappa shape index (κ1) is 15.8. The minimum atomic E-state index is -3.70. The Labute approximate surface area is 132 Å². The van der Waals surface area contributed by atoms with Crippen molar-refractivity contribution in [2.24, 2.45) is 5.73 Å². The van der Waals surface area contributed by atoms with Gasteiger partial charge in [0.1, 0.15) is 11.3 Å². The molecule has 21 heavy (non-hydrogen) atoms. The highest BCUT2D eigenvalue weighted by Gasteiger charge is 2.16. The van der Waals surface area contributed by atoms with E-state index in [-0.39, 0.29) is 21.5 Å². The summed E-state index contributed by atoms with van der Waals surface area (Å²) >= 11 is 10.8. The van der Waals surface area contributed by atoms with Crippen LogP contribution in [0.2, 0.25) is 5.02 Å². The Kier molecular flexibility index (Phi) is 4.84. The van der Waals surface area contributed by atoms with Gasteiger partial charge in [-0.1, -0.05) is 23.8 Å². The van der Waals surface area contributed by atoms with Gasteiger partial charge in [0.25, 0.3) is 0 Å². The van der Waals surface area contributed by atoms with E-state index in [1.807, 2.05) is 0 Å². The first-order valence-corrected chi connectivity index (χ1v) is 8.01. The summed E-state index contributed by atoms with van der Waals surface area (Å²) in [6.45, 7) is 0.0551. The van der Waals surface area contributed by atoms with Gasteiger partial charge < -0.3 is 5.73 Å². The van der Waals surface area contributed by atoms with Crippen LogP contribution < -0.4 is 10.5 Å². The standard InChI is InChI=1S/C12H11ClN4O2S2/c13-11-5-9(1-2-10(11)12(14)20)21(18,19)17-6-8-3-4-15-7-16-8/h1-5,7,17H,6H2,(H2,14,20). The number of sulfonamides is 1. The Morgan fingerprint density at radius 1 is 1.38 bits per heavy atom. The summed E-state index contributed by atoms with van der Waals surface area (Å²) in [4.78, 5) is 7.83. The Morgan fingerprint density at radius 3 is 2.71 bits per heavy atom.